The lowest BCUT2D eigenvalue weighted by Gasteiger charge is -2.32. The molecule has 13 heteroatoms. The van der Waals surface area contributed by atoms with Gasteiger partial charge >= 0.3 is 6.09 Å². The van der Waals surface area contributed by atoms with Crippen LogP contribution in [0, 0.1) is 11.6 Å². The molecule has 8 nitrogen and oxygen atoms in total. The predicted octanol–water partition coefficient (Wildman–Crippen LogP) is 4.99. The number of aromatic nitrogens is 1. The summed E-state index contributed by atoms with van der Waals surface area (Å²) in [6.45, 7) is 2.15. The first-order valence-electron chi connectivity index (χ1n) is 10.5. The molecular formula is C22H20ClF2N3O5S2. The van der Waals surface area contributed by atoms with E-state index in [4.69, 9.17) is 16.3 Å². The highest BCUT2D eigenvalue weighted by molar-refractivity contribution is 7.93. The lowest BCUT2D eigenvalue weighted by atomic mass is 10.1. The van der Waals surface area contributed by atoms with E-state index in [2.05, 4.69) is 9.88 Å². The van der Waals surface area contributed by atoms with Gasteiger partial charge in [0.05, 0.1) is 5.51 Å². The van der Waals surface area contributed by atoms with Gasteiger partial charge in [-0.15, -0.1) is 15.6 Å². The topological polar surface area (TPSA) is 100 Å². The van der Waals surface area contributed by atoms with Crippen molar-refractivity contribution in [2.75, 3.05) is 17.4 Å². The molecule has 0 bridgehead atoms. The minimum absolute atomic E-state index is 0.204. The third-order valence-corrected chi connectivity index (χ3v) is 8.10. The highest BCUT2D eigenvalue weighted by atomic mass is 35.5. The van der Waals surface area contributed by atoms with Gasteiger partial charge in [0.2, 0.25) is 0 Å². The molecule has 2 aromatic carbocycles. The maximum Gasteiger partial charge on any atom is 0.427 e. The van der Waals surface area contributed by atoms with Crippen LogP contribution in [0.1, 0.15) is 18.4 Å². The van der Waals surface area contributed by atoms with Crippen molar-refractivity contribution in [3.05, 3.63) is 69.5 Å². The van der Waals surface area contributed by atoms with Crippen LogP contribution in [0.15, 0.2) is 52.2 Å². The molecule has 1 aliphatic heterocycles. The SMILES string of the molecule is O=C(O)N(c1cscn1)S(=O)(=O)c1c(F)cc(OC2CCN(Cc3ccccc3)CC2)c(Cl)c1F. The number of rotatable bonds is 7. The van der Waals surface area contributed by atoms with Crippen LogP contribution in [0.3, 0.4) is 0 Å². The number of benzene rings is 2. The minimum Gasteiger partial charge on any atom is -0.489 e. The van der Waals surface area contributed by atoms with E-state index < -0.39 is 43.5 Å². The van der Waals surface area contributed by atoms with Crippen molar-refractivity contribution in [3.63, 3.8) is 0 Å². The molecule has 1 amide bonds. The van der Waals surface area contributed by atoms with Crippen molar-refractivity contribution in [2.24, 2.45) is 0 Å². The molecule has 2 heterocycles. The molecule has 1 saturated heterocycles. The smallest absolute Gasteiger partial charge is 0.427 e. The Balaban J connectivity index is 1.51. The molecule has 0 unspecified atom stereocenters. The molecule has 4 rings (SSSR count). The summed E-state index contributed by atoms with van der Waals surface area (Å²) in [5.41, 5.74) is 2.35. The molecular weight excluding hydrogens is 524 g/mol. The zero-order valence-corrected chi connectivity index (χ0v) is 20.5. The molecule has 0 atom stereocenters. The highest BCUT2D eigenvalue weighted by Crippen LogP contribution is 2.37. The number of carboxylic acid groups (broad SMARTS) is 1. The fourth-order valence-electron chi connectivity index (χ4n) is 3.81. The number of halogens is 3. The number of ether oxygens (including phenoxy) is 1. The summed E-state index contributed by atoms with van der Waals surface area (Å²) < 4.78 is 61.2. The maximum absolute atomic E-state index is 15.1. The Hall–Kier alpha value is -2.80. The summed E-state index contributed by atoms with van der Waals surface area (Å²) in [4.78, 5) is 15.9. The third kappa shape index (κ3) is 5.40. The Morgan fingerprint density at radius 1 is 1.26 bits per heavy atom. The van der Waals surface area contributed by atoms with Gasteiger partial charge in [0.15, 0.2) is 22.3 Å². The van der Waals surface area contributed by atoms with Gasteiger partial charge in [0.1, 0.15) is 16.9 Å². The zero-order chi connectivity index (χ0) is 25.2. The number of hydrogen-bond acceptors (Lipinski definition) is 7. The Morgan fingerprint density at radius 2 is 1.94 bits per heavy atom. The number of carbonyl (C=O) groups is 1. The van der Waals surface area contributed by atoms with Gasteiger partial charge in [-0.25, -0.2) is 27.0 Å². The second-order valence-corrected chi connectivity index (χ2v) is 10.6. The molecule has 1 aromatic heterocycles. The minimum atomic E-state index is -5.21. The molecule has 0 spiro atoms. The summed E-state index contributed by atoms with van der Waals surface area (Å²) in [5, 5.41) is 9.75. The summed E-state index contributed by atoms with van der Waals surface area (Å²) in [7, 11) is -5.21. The number of piperidine rings is 1. The molecule has 0 saturated carbocycles. The van der Waals surface area contributed by atoms with E-state index in [9.17, 15) is 22.7 Å². The summed E-state index contributed by atoms with van der Waals surface area (Å²) >= 11 is 6.93. The standard InChI is InChI=1S/C22H20ClF2N3O5S2/c23-19-17(33-15-6-8-27(9-7-15)11-14-4-2-1-3-5-14)10-16(24)21(20(19)25)35(31,32)28(22(29)30)18-12-34-13-26-18/h1-5,10,12-13,15H,6-9,11H2,(H,29,30). The van der Waals surface area contributed by atoms with Crippen molar-refractivity contribution >= 4 is 44.9 Å². The van der Waals surface area contributed by atoms with Crippen LogP contribution >= 0.6 is 22.9 Å². The molecule has 186 valence electrons. The van der Waals surface area contributed by atoms with E-state index in [-0.39, 0.29) is 16.2 Å². The Kier molecular flexibility index (Phi) is 7.55. The third-order valence-electron chi connectivity index (χ3n) is 5.46. The number of sulfonamides is 1. The van der Waals surface area contributed by atoms with E-state index in [0.29, 0.717) is 32.0 Å². The maximum atomic E-state index is 15.1. The first-order valence-corrected chi connectivity index (χ1v) is 13.2. The molecule has 0 aliphatic carbocycles. The van der Waals surface area contributed by atoms with Crippen molar-refractivity contribution in [1.82, 2.24) is 9.88 Å². The van der Waals surface area contributed by atoms with Gasteiger partial charge in [0, 0.05) is 31.1 Å². The Morgan fingerprint density at radius 3 is 2.54 bits per heavy atom. The van der Waals surface area contributed by atoms with Gasteiger partial charge in [-0.05, 0) is 18.4 Å². The first-order chi connectivity index (χ1) is 16.7. The van der Waals surface area contributed by atoms with Gasteiger partial charge in [-0.3, -0.25) is 4.90 Å². The van der Waals surface area contributed by atoms with E-state index in [1.807, 2.05) is 30.3 Å². The average Bonchev–Trinajstić information content (AvgIpc) is 3.32. The number of hydrogen-bond donors (Lipinski definition) is 1. The fraction of sp³-hybridized carbons (Fsp3) is 0.273. The van der Waals surface area contributed by atoms with Crippen LogP contribution in [-0.4, -0.2) is 48.7 Å². The first kappa shape index (κ1) is 25.3. The zero-order valence-electron chi connectivity index (χ0n) is 18.1. The van der Waals surface area contributed by atoms with E-state index >= 15 is 4.39 Å². The summed E-state index contributed by atoms with van der Waals surface area (Å²) in [6, 6.07) is 10.6. The van der Waals surface area contributed by atoms with Crippen LogP contribution in [0.2, 0.25) is 5.02 Å². The molecule has 0 radical (unpaired) electrons. The van der Waals surface area contributed by atoms with Crippen LogP contribution in [0.5, 0.6) is 5.75 Å². The number of amides is 1. The van der Waals surface area contributed by atoms with Gasteiger partial charge in [-0.2, -0.15) is 0 Å². The lowest BCUT2D eigenvalue weighted by molar-refractivity contribution is 0.0962. The van der Waals surface area contributed by atoms with Crippen molar-refractivity contribution in [1.29, 1.82) is 0 Å². The highest BCUT2D eigenvalue weighted by Gasteiger charge is 2.39. The second kappa shape index (κ2) is 10.4. The van der Waals surface area contributed by atoms with E-state index in [1.165, 1.54) is 11.1 Å². The van der Waals surface area contributed by atoms with Crippen LogP contribution < -0.4 is 9.04 Å². The molecule has 1 aliphatic rings. The molecule has 3 aromatic rings. The molecule has 35 heavy (non-hydrogen) atoms. The van der Waals surface area contributed by atoms with Gasteiger partial charge in [-0.1, -0.05) is 41.9 Å². The average molecular weight is 544 g/mol. The van der Waals surface area contributed by atoms with Gasteiger partial charge in [0.25, 0.3) is 10.0 Å². The normalized spacial score (nSPS) is 15.2. The fourth-order valence-corrected chi connectivity index (χ4v) is 6.01. The quantitative estimate of drug-likeness (QED) is 0.419. The number of anilines is 1. The number of thiazole rings is 1. The number of nitrogens with zero attached hydrogens (tertiary/aromatic N) is 3. The lowest BCUT2D eigenvalue weighted by Crippen LogP contribution is -2.38. The number of likely N-dealkylation sites (tertiary alicyclic amines) is 1. The Labute approximate surface area is 209 Å². The van der Waals surface area contributed by atoms with Gasteiger partial charge < -0.3 is 9.84 Å². The Bertz CT molecular complexity index is 1300. The van der Waals surface area contributed by atoms with Crippen LogP contribution in [0.4, 0.5) is 19.4 Å². The largest absolute Gasteiger partial charge is 0.489 e. The van der Waals surface area contributed by atoms with Crippen LogP contribution in [0.25, 0.3) is 0 Å². The van der Waals surface area contributed by atoms with Crippen molar-refractivity contribution in [3.8, 4) is 5.75 Å². The molecule has 1 N–H and O–H groups in total. The molecule has 1 fully saturated rings. The van der Waals surface area contributed by atoms with Crippen LogP contribution in [-0.2, 0) is 16.6 Å². The van der Waals surface area contributed by atoms with Crippen molar-refractivity contribution < 1.29 is 31.8 Å². The predicted molar refractivity (Wildman–Crippen MR) is 127 cm³/mol. The summed E-state index contributed by atoms with van der Waals surface area (Å²) in [6.07, 6.45) is -1.22. The monoisotopic (exact) mass is 543 g/mol. The summed E-state index contributed by atoms with van der Waals surface area (Å²) in [5.74, 6) is -4.02. The second-order valence-electron chi connectivity index (χ2n) is 7.79. The van der Waals surface area contributed by atoms with Crippen molar-refractivity contribution in [2.45, 2.75) is 30.4 Å². The van der Waals surface area contributed by atoms with E-state index in [1.54, 1.807) is 0 Å². The van der Waals surface area contributed by atoms with E-state index in [0.717, 1.165) is 23.3 Å².